The van der Waals surface area contributed by atoms with E-state index in [1.54, 1.807) is 20.8 Å². The molecule has 0 N–H and O–H groups in total. The van der Waals surface area contributed by atoms with Crippen molar-refractivity contribution < 1.29 is 23.8 Å². The zero-order valence-electron chi connectivity index (χ0n) is 14.9. The second-order valence-electron chi connectivity index (χ2n) is 6.12. The van der Waals surface area contributed by atoms with Gasteiger partial charge in [0.2, 0.25) is 0 Å². The lowest BCUT2D eigenvalue weighted by atomic mass is 9.86. The van der Waals surface area contributed by atoms with Gasteiger partial charge < -0.3 is 14.2 Å². The van der Waals surface area contributed by atoms with Crippen LogP contribution in [-0.2, 0) is 23.8 Å². The normalized spacial score (nSPS) is 16.1. The summed E-state index contributed by atoms with van der Waals surface area (Å²) in [6.45, 7) is 5.98. The minimum absolute atomic E-state index is 0.214. The quantitative estimate of drug-likeness (QED) is 0.348. The van der Waals surface area contributed by atoms with E-state index in [4.69, 9.17) is 14.2 Å². The van der Waals surface area contributed by atoms with E-state index < -0.39 is 17.5 Å². The Morgan fingerprint density at radius 3 is 2.00 bits per heavy atom. The molecule has 23 heavy (non-hydrogen) atoms. The van der Waals surface area contributed by atoms with Gasteiger partial charge in [0, 0.05) is 6.61 Å². The minimum atomic E-state index is -1.61. The summed E-state index contributed by atoms with van der Waals surface area (Å²) in [4.78, 5) is 24.5. The molecule has 1 aliphatic rings. The fourth-order valence-corrected chi connectivity index (χ4v) is 3.18. The van der Waals surface area contributed by atoms with Crippen LogP contribution in [0, 0.1) is 5.92 Å². The Kier molecular flexibility index (Phi) is 9.22. The van der Waals surface area contributed by atoms with Gasteiger partial charge in [0.15, 0.2) is 0 Å². The van der Waals surface area contributed by atoms with Crippen LogP contribution >= 0.6 is 0 Å². The molecule has 0 aliphatic heterocycles. The molecule has 134 valence electrons. The number of hydrogen-bond donors (Lipinski definition) is 0. The highest BCUT2D eigenvalue weighted by Crippen LogP contribution is 2.28. The van der Waals surface area contributed by atoms with E-state index in [2.05, 4.69) is 0 Å². The van der Waals surface area contributed by atoms with Crippen LogP contribution in [0.25, 0.3) is 0 Å². The molecule has 5 nitrogen and oxygen atoms in total. The van der Waals surface area contributed by atoms with Crippen LogP contribution in [0.5, 0.6) is 0 Å². The second-order valence-corrected chi connectivity index (χ2v) is 6.12. The zero-order valence-corrected chi connectivity index (χ0v) is 14.9. The molecule has 0 radical (unpaired) electrons. The number of hydrogen-bond acceptors (Lipinski definition) is 5. The molecular weight excluding hydrogens is 296 g/mol. The van der Waals surface area contributed by atoms with E-state index in [0.29, 0.717) is 6.61 Å². The summed E-state index contributed by atoms with van der Waals surface area (Å²) < 4.78 is 15.8. The molecule has 0 saturated heterocycles. The van der Waals surface area contributed by atoms with E-state index in [0.717, 1.165) is 18.8 Å². The number of rotatable bonds is 10. The van der Waals surface area contributed by atoms with Gasteiger partial charge >= 0.3 is 11.9 Å². The first-order chi connectivity index (χ1) is 11.1. The highest BCUT2D eigenvalue weighted by Gasteiger charge is 2.48. The smallest absolute Gasteiger partial charge is 0.350 e. The molecule has 0 spiro atoms. The average molecular weight is 328 g/mol. The van der Waals surface area contributed by atoms with Crippen molar-refractivity contribution >= 4 is 11.9 Å². The van der Waals surface area contributed by atoms with Crippen LogP contribution < -0.4 is 0 Å². The molecule has 0 bridgehead atoms. The molecule has 0 heterocycles. The van der Waals surface area contributed by atoms with Crippen LogP contribution in [-0.4, -0.2) is 37.4 Å². The lowest BCUT2D eigenvalue weighted by molar-refractivity contribution is -0.191. The molecule has 0 atom stereocenters. The molecular formula is C18H32O5. The van der Waals surface area contributed by atoms with Crippen molar-refractivity contribution in [2.45, 2.75) is 77.7 Å². The number of ether oxygens (including phenoxy) is 3. The minimum Gasteiger partial charge on any atom is -0.463 e. The van der Waals surface area contributed by atoms with E-state index in [-0.39, 0.29) is 19.6 Å². The van der Waals surface area contributed by atoms with Crippen molar-refractivity contribution in [1.29, 1.82) is 0 Å². The Balaban J connectivity index is 2.56. The van der Waals surface area contributed by atoms with Gasteiger partial charge in [-0.1, -0.05) is 39.0 Å². The molecule has 0 amide bonds. The third-order valence-corrected chi connectivity index (χ3v) is 4.54. The fourth-order valence-electron chi connectivity index (χ4n) is 3.18. The van der Waals surface area contributed by atoms with Gasteiger partial charge in [-0.25, -0.2) is 9.59 Å². The first-order valence-electron chi connectivity index (χ1n) is 9.09. The summed E-state index contributed by atoms with van der Waals surface area (Å²) in [5.41, 5.74) is -1.61. The van der Waals surface area contributed by atoms with Crippen LogP contribution in [0.3, 0.4) is 0 Å². The second kappa shape index (κ2) is 10.6. The maximum Gasteiger partial charge on any atom is 0.350 e. The molecule has 1 aliphatic carbocycles. The van der Waals surface area contributed by atoms with Gasteiger partial charge in [0.1, 0.15) is 0 Å². The summed E-state index contributed by atoms with van der Waals surface area (Å²) in [7, 11) is 0. The highest BCUT2D eigenvalue weighted by atomic mass is 16.6. The fraction of sp³-hybridized carbons (Fsp3) is 0.889. The maximum absolute atomic E-state index is 12.3. The number of carbonyl (C=O) groups excluding carboxylic acids is 2. The molecule has 0 aromatic carbocycles. The Labute approximate surface area is 140 Å². The van der Waals surface area contributed by atoms with Gasteiger partial charge in [-0.2, -0.15) is 0 Å². The molecule has 0 unspecified atom stereocenters. The van der Waals surface area contributed by atoms with Crippen molar-refractivity contribution in [2.75, 3.05) is 19.8 Å². The monoisotopic (exact) mass is 328 g/mol. The first-order valence-corrected chi connectivity index (χ1v) is 9.09. The summed E-state index contributed by atoms with van der Waals surface area (Å²) in [6.07, 6.45) is 8.71. The largest absolute Gasteiger partial charge is 0.463 e. The molecule has 1 rings (SSSR count). The van der Waals surface area contributed by atoms with Crippen LogP contribution in [0.1, 0.15) is 72.1 Å². The van der Waals surface area contributed by atoms with Crippen molar-refractivity contribution in [3.63, 3.8) is 0 Å². The third-order valence-electron chi connectivity index (χ3n) is 4.54. The van der Waals surface area contributed by atoms with Crippen molar-refractivity contribution in [1.82, 2.24) is 0 Å². The standard InChI is InChI=1S/C18H32O5/c1-4-18(16(19)21-5-2,17(20)22-6-3)23-14-10-13-15-11-8-7-9-12-15/h15H,4-14H2,1-3H3. The van der Waals surface area contributed by atoms with Gasteiger partial charge in [0.25, 0.3) is 5.60 Å². The lowest BCUT2D eigenvalue weighted by Crippen LogP contribution is -2.51. The predicted molar refractivity (Wildman–Crippen MR) is 88.0 cm³/mol. The molecule has 1 fully saturated rings. The third kappa shape index (κ3) is 5.79. The topological polar surface area (TPSA) is 61.8 Å². The van der Waals surface area contributed by atoms with Gasteiger partial charge in [0.05, 0.1) is 13.2 Å². The van der Waals surface area contributed by atoms with Crippen LogP contribution in [0.4, 0.5) is 0 Å². The number of esters is 2. The van der Waals surface area contributed by atoms with Crippen molar-refractivity contribution in [3.05, 3.63) is 0 Å². The van der Waals surface area contributed by atoms with Crippen LogP contribution in [0.15, 0.2) is 0 Å². The molecule has 0 aromatic rings. The summed E-state index contributed by atoms with van der Waals surface area (Å²) in [5, 5.41) is 0. The summed E-state index contributed by atoms with van der Waals surface area (Å²) >= 11 is 0. The predicted octanol–water partition coefficient (Wildman–Crippen LogP) is 3.64. The Morgan fingerprint density at radius 1 is 0.957 bits per heavy atom. The van der Waals surface area contributed by atoms with Crippen LogP contribution in [0.2, 0.25) is 0 Å². The number of carbonyl (C=O) groups is 2. The Morgan fingerprint density at radius 2 is 1.52 bits per heavy atom. The van der Waals surface area contributed by atoms with Gasteiger partial charge in [-0.3, -0.25) is 0 Å². The summed E-state index contributed by atoms with van der Waals surface area (Å²) in [6, 6.07) is 0. The zero-order chi connectivity index (χ0) is 17.1. The SMILES string of the molecule is CCOC(=O)C(CC)(OCCCC1CCCCC1)C(=O)OCC. The highest BCUT2D eigenvalue weighted by molar-refractivity contribution is 6.03. The van der Waals surface area contributed by atoms with Crippen molar-refractivity contribution in [2.24, 2.45) is 5.92 Å². The lowest BCUT2D eigenvalue weighted by Gasteiger charge is -2.28. The average Bonchev–Trinajstić information content (AvgIpc) is 2.56. The molecule has 5 heteroatoms. The van der Waals surface area contributed by atoms with E-state index in [1.807, 2.05) is 0 Å². The van der Waals surface area contributed by atoms with Crippen molar-refractivity contribution in [3.8, 4) is 0 Å². The maximum atomic E-state index is 12.3. The van der Waals surface area contributed by atoms with E-state index in [1.165, 1.54) is 32.1 Å². The van der Waals surface area contributed by atoms with Gasteiger partial charge in [-0.05, 0) is 39.0 Å². The molecule has 1 saturated carbocycles. The van der Waals surface area contributed by atoms with E-state index in [9.17, 15) is 9.59 Å². The Hall–Kier alpha value is -1.10. The first kappa shape index (κ1) is 19.9. The van der Waals surface area contributed by atoms with E-state index >= 15 is 0 Å². The summed E-state index contributed by atoms with van der Waals surface area (Å²) in [5.74, 6) is -0.522. The van der Waals surface area contributed by atoms with Gasteiger partial charge in [-0.15, -0.1) is 0 Å². The molecule has 0 aromatic heterocycles. The Bertz CT molecular complexity index is 342.